The molecule has 5 heteroatoms. The van der Waals surface area contributed by atoms with E-state index in [9.17, 15) is 4.79 Å². The molecule has 0 radical (unpaired) electrons. The Hall–Kier alpha value is -2.17. The van der Waals surface area contributed by atoms with E-state index in [4.69, 9.17) is 5.73 Å². The van der Waals surface area contributed by atoms with Gasteiger partial charge in [-0.1, -0.05) is 26.8 Å². The molecule has 2 aromatic rings. The van der Waals surface area contributed by atoms with Gasteiger partial charge in [0.2, 0.25) is 0 Å². The molecule has 0 aliphatic rings. The molecule has 0 amide bonds. The lowest BCUT2D eigenvalue weighted by Gasteiger charge is -2.13. The Morgan fingerprint density at radius 3 is 2.56 bits per heavy atom. The van der Waals surface area contributed by atoms with Crippen molar-refractivity contribution < 1.29 is 4.79 Å². The van der Waals surface area contributed by atoms with E-state index in [-0.39, 0.29) is 11.3 Å². The summed E-state index contributed by atoms with van der Waals surface area (Å²) in [4.78, 5) is 16.2. The third-order valence-corrected chi connectivity index (χ3v) is 2.58. The van der Waals surface area contributed by atoms with Crippen molar-refractivity contribution in [2.45, 2.75) is 26.2 Å². The molecule has 18 heavy (non-hydrogen) atoms. The number of hydrogen-bond donors (Lipinski definition) is 1. The van der Waals surface area contributed by atoms with Crippen LogP contribution in [0.1, 0.15) is 37.0 Å². The highest BCUT2D eigenvalue weighted by molar-refractivity contribution is 5.95. The highest BCUT2D eigenvalue weighted by Crippen LogP contribution is 2.22. The van der Waals surface area contributed by atoms with Crippen LogP contribution >= 0.6 is 0 Å². The first kappa shape index (κ1) is 12.3. The third kappa shape index (κ3) is 2.25. The molecule has 0 fully saturated rings. The van der Waals surface area contributed by atoms with Crippen LogP contribution in [0.5, 0.6) is 0 Å². The highest BCUT2D eigenvalue weighted by Gasteiger charge is 2.22. The van der Waals surface area contributed by atoms with Gasteiger partial charge in [-0.25, -0.2) is 0 Å². The minimum atomic E-state index is -0.316. The van der Waals surface area contributed by atoms with E-state index < -0.39 is 0 Å². The molecule has 0 atom stereocenters. The monoisotopic (exact) mass is 244 g/mol. The van der Waals surface area contributed by atoms with Crippen LogP contribution in [0.3, 0.4) is 0 Å². The molecule has 0 aliphatic heterocycles. The summed E-state index contributed by atoms with van der Waals surface area (Å²) in [7, 11) is 0. The van der Waals surface area contributed by atoms with Crippen molar-refractivity contribution in [3.8, 4) is 0 Å². The molecule has 0 unspecified atom stereocenters. The number of aromatic nitrogens is 3. The van der Waals surface area contributed by atoms with Gasteiger partial charge in [0.15, 0.2) is 0 Å². The Bertz CT molecular complexity index is 566. The lowest BCUT2D eigenvalue weighted by molar-refractivity contribution is 0.0942. The molecule has 2 rings (SSSR count). The molecule has 2 aromatic heterocycles. The molecule has 94 valence electrons. The van der Waals surface area contributed by atoms with E-state index >= 15 is 0 Å². The Kier molecular flexibility index (Phi) is 2.90. The van der Waals surface area contributed by atoms with Gasteiger partial charge in [-0.05, 0) is 12.1 Å². The molecular formula is C13H16N4O. The van der Waals surface area contributed by atoms with Gasteiger partial charge in [0.05, 0.1) is 5.69 Å². The summed E-state index contributed by atoms with van der Waals surface area (Å²) in [5, 5.41) is 4.26. The minimum Gasteiger partial charge on any atom is -0.383 e. The quantitative estimate of drug-likeness (QED) is 0.830. The van der Waals surface area contributed by atoms with Crippen LogP contribution in [-0.2, 0) is 5.41 Å². The Morgan fingerprint density at radius 1 is 1.33 bits per heavy atom. The highest BCUT2D eigenvalue weighted by atomic mass is 16.2. The van der Waals surface area contributed by atoms with Gasteiger partial charge in [0, 0.05) is 17.7 Å². The first-order valence-electron chi connectivity index (χ1n) is 5.71. The van der Waals surface area contributed by atoms with E-state index in [1.807, 2.05) is 20.8 Å². The number of pyridine rings is 1. The first-order valence-corrected chi connectivity index (χ1v) is 5.71. The van der Waals surface area contributed by atoms with Crippen molar-refractivity contribution in [3.63, 3.8) is 0 Å². The zero-order valence-corrected chi connectivity index (χ0v) is 10.7. The van der Waals surface area contributed by atoms with E-state index in [1.54, 1.807) is 30.5 Å². The van der Waals surface area contributed by atoms with Crippen LogP contribution in [0.2, 0.25) is 0 Å². The predicted molar refractivity (Wildman–Crippen MR) is 69.3 cm³/mol. The SMILES string of the molecule is CC(C)(C)c1cc(N)n(C(=O)c2ccccn2)n1. The second kappa shape index (κ2) is 4.25. The van der Waals surface area contributed by atoms with Crippen LogP contribution in [0.25, 0.3) is 0 Å². The van der Waals surface area contributed by atoms with Gasteiger partial charge >= 0.3 is 0 Å². The van der Waals surface area contributed by atoms with Crippen LogP contribution in [-0.4, -0.2) is 20.7 Å². The number of hydrogen-bond acceptors (Lipinski definition) is 4. The molecule has 2 N–H and O–H groups in total. The fraction of sp³-hybridized carbons (Fsp3) is 0.308. The number of nitrogen functional groups attached to an aromatic ring is 1. The Morgan fingerprint density at radius 2 is 2.06 bits per heavy atom. The second-order valence-electron chi connectivity index (χ2n) is 5.14. The summed E-state index contributed by atoms with van der Waals surface area (Å²) in [5.41, 5.74) is 6.79. The van der Waals surface area contributed by atoms with Crippen molar-refractivity contribution in [2.24, 2.45) is 0 Å². The zero-order valence-electron chi connectivity index (χ0n) is 10.7. The summed E-state index contributed by atoms with van der Waals surface area (Å²) < 4.78 is 1.20. The van der Waals surface area contributed by atoms with Gasteiger partial charge in [-0.15, -0.1) is 0 Å². The third-order valence-electron chi connectivity index (χ3n) is 2.58. The molecule has 0 bridgehead atoms. The van der Waals surface area contributed by atoms with Gasteiger partial charge < -0.3 is 5.73 Å². The van der Waals surface area contributed by atoms with E-state index in [0.29, 0.717) is 11.5 Å². The van der Waals surface area contributed by atoms with Gasteiger partial charge in [0.25, 0.3) is 5.91 Å². The second-order valence-corrected chi connectivity index (χ2v) is 5.14. The standard InChI is InChI=1S/C13H16N4O/c1-13(2,3)10-8-11(14)17(16-10)12(18)9-6-4-5-7-15-9/h4-8H,14H2,1-3H3. The van der Waals surface area contributed by atoms with Crippen molar-refractivity contribution in [1.82, 2.24) is 14.8 Å². The van der Waals surface area contributed by atoms with Crippen LogP contribution in [0, 0.1) is 0 Å². The maximum Gasteiger partial charge on any atom is 0.298 e. The summed E-state index contributed by atoms with van der Waals surface area (Å²) in [6.45, 7) is 6.05. The van der Waals surface area contributed by atoms with Crippen molar-refractivity contribution >= 4 is 11.7 Å². The Labute approximate surface area is 106 Å². The van der Waals surface area contributed by atoms with Crippen molar-refractivity contribution in [3.05, 3.63) is 41.9 Å². The molecular weight excluding hydrogens is 228 g/mol. The topological polar surface area (TPSA) is 73.8 Å². The predicted octanol–water partition coefficient (Wildman–Crippen LogP) is 1.85. The lowest BCUT2D eigenvalue weighted by atomic mass is 9.92. The van der Waals surface area contributed by atoms with Gasteiger partial charge in [0.1, 0.15) is 11.5 Å². The fourth-order valence-electron chi connectivity index (χ4n) is 1.52. The first-order chi connectivity index (χ1) is 8.39. The number of rotatable bonds is 1. The number of nitrogens with zero attached hydrogens (tertiary/aromatic N) is 3. The van der Waals surface area contributed by atoms with Gasteiger partial charge in [-0.2, -0.15) is 9.78 Å². The number of anilines is 1. The Balaban J connectivity index is 2.41. The molecule has 0 aliphatic carbocycles. The van der Waals surface area contributed by atoms with Crippen molar-refractivity contribution in [2.75, 3.05) is 5.73 Å². The molecule has 5 nitrogen and oxygen atoms in total. The minimum absolute atomic E-state index is 0.149. The zero-order chi connectivity index (χ0) is 13.3. The normalized spacial score (nSPS) is 11.5. The van der Waals surface area contributed by atoms with Gasteiger partial charge in [-0.3, -0.25) is 9.78 Å². The maximum atomic E-state index is 12.2. The lowest BCUT2D eigenvalue weighted by Crippen LogP contribution is -2.19. The van der Waals surface area contributed by atoms with E-state index in [2.05, 4.69) is 10.1 Å². The van der Waals surface area contributed by atoms with E-state index in [0.717, 1.165) is 5.69 Å². The fourth-order valence-corrected chi connectivity index (χ4v) is 1.52. The molecule has 2 heterocycles. The van der Waals surface area contributed by atoms with Crippen LogP contribution < -0.4 is 5.73 Å². The molecule has 0 saturated heterocycles. The average Bonchev–Trinajstić information content (AvgIpc) is 2.71. The summed E-state index contributed by atoms with van der Waals surface area (Å²) >= 11 is 0. The largest absolute Gasteiger partial charge is 0.383 e. The molecule has 0 saturated carbocycles. The summed E-state index contributed by atoms with van der Waals surface area (Å²) in [6, 6.07) is 6.87. The maximum absolute atomic E-state index is 12.2. The molecule has 0 spiro atoms. The molecule has 0 aromatic carbocycles. The number of nitrogens with two attached hydrogens (primary N) is 1. The van der Waals surface area contributed by atoms with Crippen LogP contribution in [0.4, 0.5) is 5.82 Å². The summed E-state index contributed by atoms with van der Waals surface area (Å²) in [5.74, 6) is 0.0131. The number of carbonyl (C=O) groups excluding carboxylic acids is 1. The van der Waals surface area contributed by atoms with Crippen LogP contribution in [0.15, 0.2) is 30.5 Å². The smallest absolute Gasteiger partial charge is 0.298 e. The average molecular weight is 244 g/mol. The number of carbonyl (C=O) groups is 1. The van der Waals surface area contributed by atoms with E-state index in [1.165, 1.54) is 4.68 Å². The van der Waals surface area contributed by atoms with Crippen molar-refractivity contribution in [1.29, 1.82) is 0 Å². The summed E-state index contributed by atoms with van der Waals surface area (Å²) in [6.07, 6.45) is 1.57.